The quantitative estimate of drug-likeness (QED) is 0.782. The van der Waals surface area contributed by atoms with E-state index in [1.165, 1.54) is 0 Å². The van der Waals surface area contributed by atoms with Crippen molar-refractivity contribution in [2.24, 2.45) is 17.1 Å². The van der Waals surface area contributed by atoms with Crippen LogP contribution in [0, 0.1) is 11.3 Å². The van der Waals surface area contributed by atoms with Crippen molar-refractivity contribution in [2.45, 2.75) is 51.4 Å². The maximum absolute atomic E-state index is 12.5. The van der Waals surface area contributed by atoms with Crippen LogP contribution in [0.4, 0.5) is 0 Å². The zero-order valence-corrected chi connectivity index (χ0v) is 13.5. The molecule has 2 aliphatic rings. The Morgan fingerprint density at radius 2 is 2.00 bits per heavy atom. The number of carbonyl (C=O) groups excluding carboxylic acids is 2. The number of Topliss-reactive ketones (excluding diaryl/α,β-unsaturated/α-hetero) is 1. The van der Waals surface area contributed by atoms with Gasteiger partial charge in [0.2, 0.25) is 5.91 Å². The summed E-state index contributed by atoms with van der Waals surface area (Å²) in [5.74, 6) is 0.512. The highest BCUT2D eigenvalue weighted by atomic mass is 35.5. The Hall–Kier alpha value is -1.42. The number of nitrogens with zero attached hydrogens (tertiary/aromatic N) is 1. The summed E-state index contributed by atoms with van der Waals surface area (Å²) >= 11 is 6.27. The van der Waals surface area contributed by atoms with E-state index in [4.69, 9.17) is 17.3 Å². The molecule has 0 aromatic carbocycles. The van der Waals surface area contributed by atoms with Gasteiger partial charge in [-0.05, 0) is 54.6 Å². The third-order valence-corrected chi connectivity index (χ3v) is 5.22. The number of amides is 1. The van der Waals surface area contributed by atoms with Crippen LogP contribution in [0.2, 0.25) is 5.02 Å². The van der Waals surface area contributed by atoms with Crippen LogP contribution in [0.1, 0.15) is 67.4 Å². The van der Waals surface area contributed by atoms with E-state index in [-0.39, 0.29) is 23.5 Å². The lowest BCUT2D eigenvalue weighted by molar-refractivity contribution is -0.120. The Bertz CT molecular complexity index is 623. The summed E-state index contributed by atoms with van der Waals surface area (Å²) in [7, 11) is 0. The van der Waals surface area contributed by atoms with Crippen molar-refractivity contribution < 1.29 is 9.59 Å². The molecule has 1 heterocycles. The fourth-order valence-corrected chi connectivity index (χ4v) is 3.58. The fourth-order valence-electron chi connectivity index (χ4n) is 3.28. The van der Waals surface area contributed by atoms with Crippen molar-refractivity contribution in [3.63, 3.8) is 0 Å². The van der Waals surface area contributed by atoms with Crippen molar-refractivity contribution in [3.8, 4) is 0 Å². The molecule has 0 saturated heterocycles. The first-order valence-electron chi connectivity index (χ1n) is 7.86. The maximum atomic E-state index is 12.5. The second-order valence-electron chi connectivity index (χ2n) is 7.04. The van der Waals surface area contributed by atoms with E-state index in [1.807, 2.05) is 6.92 Å². The van der Waals surface area contributed by atoms with Crippen LogP contribution in [0.3, 0.4) is 0 Å². The lowest BCUT2D eigenvalue weighted by Gasteiger charge is -2.27. The number of rotatable bonds is 7. The average Bonchev–Trinajstić information content (AvgIpc) is 3.27. The number of halogens is 1. The monoisotopic (exact) mass is 320 g/mol. The molecule has 4 nitrogen and oxygen atoms in total. The predicted molar refractivity (Wildman–Crippen MR) is 84.8 cm³/mol. The number of primary amides is 1. The van der Waals surface area contributed by atoms with Crippen LogP contribution in [-0.4, -0.2) is 16.7 Å². The Morgan fingerprint density at radius 3 is 2.50 bits per heavy atom. The van der Waals surface area contributed by atoms with Gasteiger partial charge in [-0.15, -0.1) is 0 Å². The van der Waals surface area contributed by atoms with Crippen LogP contribution in [0.15, 0.2) is 12.3 Å². The topological polar surface area (TPSA) is 73.1 Å². The smallest absolute Gasteiger partial charge is 0.217 e. The number of pyridine rings is 1. The van der Waals surface area contributed by atoms with E-state index >= 15 is 0 Å². The zero-order valence-electron chi connectivity index (χ0n) is 12.8. The lowest BCUT2D eigenvalue weighted by Crippen LogP contribution is -2.30. The van der Waals surface area contributed by atoms with Crippen LogP contribution in [0.5, 0.6) is 0 Å². The van der Waals surface area contributed by atoms with E-state index in [0.29, 0.717) is 29.0 Å². The summed E-state index contributed by atoms with van der Waals surface area (Å²) in [5.41, 5.74) is 6.44. The molecule has 1 amide bonds. The Morgan fingerprint density at radius 1 is 1.32 bits per heavy atom. The summed E-state index contributed by atoms with van der Waals surface area (Å²) in [5, 5.41) is 0.629. The van der Waals surface area contributed by atoms with E-state index in [2.05, 4.69) is 4.98 Å². The highest BCUT2D eigenvalue weighted by Gasteiger charge is 2.44. The molecule has 1 unspecified atom stereocenters. The molecular weight excluding hydrogens is 300 g/mol. The van der Waals surface area contributed by atoms with E-state index < -0.39 is 0 Å². The Labute approximate surface area is 135 Å². The highest BCUT2D eigenvalue weighted by Crippen LogP contribution is 2.50. The largest absolute Gasteiger partial charge is 0.370 e. The summed E-state index contributed by atoms with van der Waals surface area (Å²) in [6.07, 6.45) is 6.69. The Balaban J connectivity index is 1.75. The van der Waals surface area contributed by atoms with E-state index in [1.54, 1.807) is 12.3 Å². The van der Waals surface area contributed by atoms with Gasteiger partial charge in [0, 0.05) is 24.1 Å². The molecular formula is C17H21ClN2O2. The van der Waals surface area contributed by atoms with Crippen molar-refractivity contribution in [1.29, 1.82) is 0 Å². The second kappa shape index (κ2) is 5.65. The van der Waals surface area contributed by atoms with E-state index in [0.717, 1.165) is 31.2 Å². The van der Waals surface area contributed by atoms with Crippen LogP contribution >= 0.6 is 11.6 Å². The van der Waals surface area contributed by atoms with Gasteiger partial charge in [0.25, 0.3) is 0 Å². The molecule has 1 atom stereocenters. The Kier molecular flexibility index (Phi) is 3.98. The molecule has 1 aromatic heterocycles. The van der Waals surface area contributed by atoms with Gasteiger partial charge in [-0.3, -0.25) is 14.6 Å². The first-order chi connectivity index (χ1) is 10.4. The maximum Gasteiger partial charge on any atom is 0.217 e. The summed E-state index contributed by atoms with van der Waals surface area (Å²) in [6.45, 7) is 1.98. The van der Waals surface area contributed by atoms with Gasteiger partial charge in [-0.25, -0.2) is 0 Å². The van der Waals surface area contributed by atoms with Crippen LogP contribution < -0.4 is 5.73 Å². The molecule has 0 radical (unpaired) electrons. The molecule has 2 aliphatic carbocycles. The third-order valence-electron chi connectivity index (χ3n) is 4.89. The SMILES string of the molecule is CC(CC(N)=O)(CC(=O)c1cc(Cl)c(C2CC2)cn1)C1CC1. The number of carbonyl (C=O) groups is 2. The second-order valence-corrected chi connectivity index (χ2v) is 7.44. The van der Waals surface area contributed by atoms with Gasteiger partial charge in [-0.2, -0.15) is 0 Å². The van der Waals surface area contributed by atoms with Gasteiger partial charge in [0.05, 0.1) is 0 Å². The number of hydrogen-bond donors (Lipinski definition) is 1. The summed E-state index contributed by atoms with van der Waals surface area (Å²) in [4.78, 5) is 28.2. The molecule has 118 valence electrons. The molecule has 0 spiro atoms. The van der Waals surface area contributed by atoms with Crippen molar-refractivity contribution >= 4 is 23.3 Å². The molecule has 1 aromatic rings. The minimum atomic E-state index is -0.355. The van der Waals surface area contributed by atoms with Gasteiger partial charge in [0.15, 0.2) is 5.78 Å². The third kappa shape index (κ3) is 3.32. The predicted octanol–water partition coefficient (Wildman–Crippen LogP) is 3.48. The van der Waals surface area contributed by atoms with Crippen molar-refractivity contribution in [3.05, 3.63) is 28.5 Å². The molecule has 5 heteroatoms. The number of aromatic nitrogens is 1. The molecule has 2 fully saturated rings. The number of ketones is 1. The van der Waals surface area contributed by atoms with Crippen LogP contribution in [-0.2, 0) is 4.79 Å². The number of hydrogen-bond acceptors (Lipinski definition) is 3. The summed E-state index contributed by atoms with van der Waals surface area (Å²) in [6, 6.07) is 1.68. The summed E-state index contributed by atoms with van der Waals surface area (Å²) < 4.78 is 0. The van der Waals surface area contributed by atoms with Crippen molar-refractivity contribution in [1.82, 2.24) is 4.98 Å². The molecule has 3 rings (SSSR count). The normalized spacial score (nSPS) is 20.5. The molecule has 2 N–H and O–H groups in total. The highest BCUT2D eigenvalue weighted by molar-refractivity contribution is 6.31. The molecule has 2 saturated carbocycles. The van der Waals surface area contributed by atoms with Gasteiger partial charge in [-0.1, -0.05) is 18.5 Å². The van der Waals surface area contributed by atoms with Crippen molar-refractivity contribution in [2.75, 3.05) is 0 Å². The van der Waals surface area contributed by atoms with Crippen LogP contribution in [0.25, 0.3) is 0 Å². The molecule has 0 bridgehead atoms. The number of nitrogens with two attached hydrogens (primary N) is 1. The zero-order chi connectivity index (χ0) is 15.9. The first-order valence-corrected chi connectivity index (χ1v) is 8.24. The lowest BCUT2D eigenvalue weighted by atomic mass is 9.76. The fraction of sp³-hybridized carbons (Fsp3) is 0.588. The van der Waals surface area contributed by atoms with E-state index in [9.17, 15) is 9.59 Å². The first kappa shape index (κ1) is 15.5. The van der Waals surface area contributed by atoms with Gasteiger partial charge < -0.3 is 5.73 Å². The average molecular weight is 321 g/mol. The standard InChI is InChI=1S/C17H21ClN2O2/c1-17(8-16(19)22,11-4-5-11)7-15(21)14-6-13(18)12(9-20-14)10-2-3-10/h6,9-11H,2-5,7-8H2,1H3,(H2,19,22). The molecule has 0 aliphatic heterocycles. The van der Waals surface area contributed by atoms with Gasteiger partial charge in [0.1, 0.15) is 5.69 Å². The minimum Gasteiger partial charge on any atom is -0.370 e. The minimum absolute atomic E-state index is 0.0557. The molecule has 22 heavy (non-hydrogen) atoms. The van der Waals surface area contributed by atoms with Gasteiger partial charge >= 0.3 is 0 Å².